The van der Waals surface area contributed by atoms with Crippen molar-refractivity contribution in [2.24, 2.45) is 0 Å². The fourth-order valence-electron chi connectivity index (χ4n) is 2.91. The molecule has 1 N–H and O–H groups in total. The zero-order valence-corrected chi connectivity index (χ0v) is 14.8. The molecule has 0 spiro atoms. The molecule has 2 aromatic rings. The lowest BCUT2D eigenvalue weighted by Crippen LogP contribution is -2.36. The number of nitro benzene ring substituents is 1. The lowest BCUT2D eigenvalue weighted by atomic mass is 10.1. The first kappa shape index (κ1) is 17.9. The van der Waals surface area contributed by atoms with Crippen molar-refractivity contribution in [1.29, 1.82) is 0 Å². The quantitative estimate of drug-likeness (QED) is 0.672. The van der Waals surface area contributed by atoms with Gasteiger partial charge in [-0.25, -0.2) is 0 Å². The molecule has 0 atom stereocenters. The number of benzene rings is 2. The summed E-state index contributed by atoms with van der Waals surface area (Å²) < 4.78 is 5.29. The van der Waals surface area contributed by atoms with Gasteiger partial charge in [0.05, 0.1) is 18.1 Å². The van der Waals surface area contributed by atoms with Gasteiger partial charge in [0, 0.05) is 30.4 Å². The second-order valence-corrected chi connectivity index (χ2v) is 6.31. The Morgan fingerprint density at radius 3 is 2.50 bits per heavy atom. The highest BCUT2D eigenvalue weighted by Crippen LogP contribution is 2.30. The maximum absolute atomic E-state index is 12.5. The van der Waals surface area contributed by atoms with Gasteiger partial charge in [0.25, 0.3) is 11.6 Å². The Labute approximate surface area is 151 Å². The van der Waals surface area contributed by atoms with Crippen LogP contribution in [-0.2, 0) is 4.74 Å². The summed E-state index contributed by atoms with van der Waals surface area (Å²) in [5.41, 5.74) is 3.57. The van der Waals surface area contributed by atoms with Crippen LogP contribution in [0, 0.1) is 24.0 Å². The molecule has 7 nitrogen and oxygen atoms in total. The fraction of sp³-hybridized carbons (Fsp3) is 0.316. The maximum Gasteiger partial charge on any atom is 0.293 e. The van der Waals surface area contributed by atoms with Crippen molar-refractivity contribution in [1.82, 2.24) is 0 Å². The van der Waals surface area contributed by atoms with E-state index in [4.69, 9.17) is 4.74 Å². The van der Waals surface area contributed by atoms with Crippen LogP contribution in [0.25, 0.3) is 0 Å². The SMILES string of the molecule is Cc1ccc(NC(=O)c2ccc(N3CCOCC3)c([N+](=O)[O-])c2)cc1C. The number of amides is 1. The van der Waals surface area contributed by atoms with Crippen molar-refractivity contribution < 1.29 is 14.5 Å². The predicted molar refractivity (Wildman–Crippen MR) is 100.0 cm³/mol. The Kier molecular flexibility index (Phi) is 5.18. The van der Waals surface area contributed by atoms with Gasteiger partial charge in [0.2, 0.25) is 0 Å². The Bertz CT molecular complexity index is 845. The number of nitro groups is 1. The van der Waals surface area contributed by atoms with Gasteiger partial charge in [0.15, 0.2) is 0 Å². The minimum absolute atomic E-state index is 0.0698. The molecule has 26 heavy (non-hydrogen) atoms. The molecule has 1 heterocycles. The highest BCUT2D eigenvalue weighted by atomic mass is 16.6. The van der Waals surface area contributed by atoms with Crippen LogP contribution >= 0.6 is 0 Å². The minimum atomic E-state index is -0.447. The smallest absolute Gasteiger partial charge is 0.293 e. The van der Waals surface area contributed by atoms with Crippen LogP contribution in [0.5, 0.6) is 0 Å². The first-order valence-electron chi connectivity index (χ1n) is 8.45. The number of hydrogen-bond donors (Lipinski definition) is 1. The lowest BCUT2D eigenvalue weighted by Gasteiger charge is -2.28. The molecule has 0 aromatic heterocycles. The molecule has 0 radical (unpaired) electrons. The Morgan fingerprint density at radius 2 is 1.85 bits per heavy atom. The molecule has 1 fully saturated rings. The van der Waals surface area contributed by atoms with Crippen LogP contribution in [0.4, 0.5) is 17.1 Å². The summed E-state index contributed by atoms with van der Waals surface area (Å²) in [4.78, 5) is 25.5. The highest BCUT2D eigenvalue weighted by molar-refractivity contribution is 6.05. The Balaban J connectivity index is 1.85. The fourth-order valence-corrected chi connectivity index (χ4v) is 2.91. The molecule has 0 saturated carbocycles. The minimum Gasteiger partial charge on any atom is -0.378 e. The van der Waals surface area contributed by atoms with E-state index in [0.29, 0.717) is 37.7 Å². The van der Waals surface area contributed by atoms with E-state index in [1.54, 1.807) is 12.1 Å². The zero-order valence-electron chi connectivity index (χ0n) is 14.8. The van der Waals surface area contributed by atoms with Crippen molar-refractivity contribution in [2.75, 3.05) is 36.5 Å². The average molecular weight is 355 g/mol. The number of nitrogens with zero attached hydrogens (tertiary/aromatic N) is 2. The van der Waals surface area contributed by atoms with Gasteiger partial charge in [0.1, 0.15) is 5.69 Å². The topological polar surface area (TPSA) is 84.7 Å². The first-order valence-corrected chi connectivity index (χ1v) is 8.45. The number of hydrogen-bond acceptors (Lipinski definition) is 5. The van der Waals surface area contributed by atoms with Gasteiger partial charge in [-0.1, -0.05) is 6.07 Å². The van der Waals surface area contributed by atoms with Gasteiger partial charge in [-0.15, -0.1) is 0 Å². The van der Waals surface area contributed by atoms with Gasteiger partial charge in [-0.05, 0) is 49.2 Å². The Hall–Kier alpha value is -2.93. The van der Waals surface area contributed by atoms with Crippen LogP contribution in [-0.4, -0.2) is 37.1 Å². The second-order valence-electron chi connectivity index (χ2n) is 6.31. The van der Waals surface area contributed by atoms with Crippen LogP contribution < -0.4 is 10.2 Å². The van der Waals surface area contributed by atoms with Gasteiger partial charge in [-0.2, -0.15) is 0 Å². The highest BCUT2D eigenvalue weighted by Gasteiger charge is 2.23. The van der Waals surface area contributed by atoms with Crippen molar-refractivity contribution in [3.63, 3.8) is 0 Å². The first-order chi connectivity index (χ1) is 12.5. The van der Waals surface area contributed by atoms with Crippen LogP contribution in [0.1, 0.15) is 21.5 Å². The van der Waals surface area contributed by atoms with Crippen LogP contribution in [0.2, 0.25) is 0 Å². The zero-order chi connectivity index (χ0) is 18.7. The van der Waals surface area contributed by atoms with Gasteiger partial charge in [-0.3, -0.25) is 14.9 Å². The summed E-state index contributed by atoms with van der Waals surface area (Å²) in [6.07, 6.45) is 0. The molecule has 0 unspecified atom stereocenters. The van der Waals surface area contributed by atoms with Crippen molar-refractivity contribution >= 4 is 23.0 Å². The van der Waals surface area contributed by atoms with E-state index < -0.39 is 4.92 Å². The van der Waals surface area contributed by atoms with Gasteiger partial charge < -0.3 is 15.0 Å². The monoisotopic (exact) mass is 355 g/mol. The van der Waals surface area contributed by atoms with Crippen molar-refractivity contribution in [2.45, 2.75) is 13.8 Å². The standard InChI is InChI=1S/C19H21N3O4/c1-13-3-5-16(11-14(13)2)20-19(23)15-4-6-17(18(12-15)22(24)25)21-7-9-26-10-8-21/h3-6,11-12H,7-10H2,1-2H3,(H,20,23). The number of rotatable bonds is 4. The largest absolute Gasteiger partial charge is 0.378 e. The van der Waals surface area contributed by atoms with Gasteiger partial charge >= 0.3 is 0 Å². The van der Waals surface area contributed by atoms with E-state index in [1.807, 2.05) is 36.9 Å². The molecule has 2 aromatic carbocycles. The molecule has 0 aliphatic carbocycles. The third-order valence-electron chi connectivity index (χ3n) is 4.55. The van der Waals surface area contributed by atoms with E-state index >= 15 is 0 Å². The van der Waals surface area contributed by atoms with Crippen LogP contribution in [0.15, 0.2) is 36.4 Å². The summed E-state index contributed by atoms with van der Waals surface area (Å²) in [5.74, 6) is -0.370. The number of ether oxygens (including phenoxy) is 1. The predicted octanol–water partition coefficient (Wildman–Crippen LogP) is 3.30. The van der Waals surface area contributed by atoms with E-state index in [0.717, 1.165) is 11.1 Å². The summed E-state index contributed by atoms with van der Waals surface area (Å²) in [6.45, 7) is 6.21. The lowest BCUT2D eigenvalue weighted by molar-refractivity contribution is -0.384. The molecule has 0 bridgehead atoms. The van der Waals surface area contributed by atoms with Crippen molar-refractivity contribution in [3.8, 4) is 0 Å². The summed E-state index contributed by atoms with van der Waals surface area (Å²) in [7, 11) is 0. The number of anilines is 2. The van der Waals surface area contributed by atoms with E-state index in [9.17, 15) is 14.9 Å². The molecule has 7 heteroatoms. The third kappa shape index (κ3) is 3.83. The molecule has 1 saturated heterocycles. The van der Waals surface area contributed by atoms with E-state index in [1.165, 1.54) is 6.07 Å². The Morgan fingerprint density at radius 1 is 1.12 bits per heavy atom. The number of morpholine rings is 1. The molecule has 3 rings (SSSR count). The van der Waals surface area contributed by atoms with Crippen LogP contribution in [0.3, 0.4) is 0 Å². The van der Waals surface area contributed by atoms with E-state index in [2.05, 4.69) is 5.32 Å². The number of aryl methyl sites for hydroxylation is 2. The number of carbonyl (C=O) groups excluding carboxylic acids is 1. The molecule has 1 amide bonds. The van der Waals surface area contributed by atoms with E-state index in [-0.39, 0.29) is 17.2 Å². The maximum atomic E-state index is 12.5. The molecule has 1 aliphatic rings. The normalized spacial score (nSPS) is 14.2. The molecular formula is C19H21N3O4. The molecule has 136 valence electrons. The summed E-state index contributed by atoms with van der Waals surface area (Å²) >= 11 is 0. The molecule has 1 aliphatic heterocycles. The van der Waals surface area contributed by atoms with Crippen molar-refractivity contribution in [3.05, 3.63) is 63.2 Å². The molecular weight excluding hydrogens is 334 g/mol. The summed E-state index contributed by atoms with van der Waals surface area (Å²) in [5, 5.41) is 14.3. The second kappa shape index (κ2) is 7.53. The number of carbonyl (C=O) groups is 1. The average Bonchev–Trinajstić information content (AvgIpc) is 2.65. The summed E-state index contributed by atoms with van der Waals surface area (Å²) in [6, 6.07) is 10.2. The third-order valence-corrected chi connectivity index (χ3v) is 4.55. The number of nitrogens with one attached hydrogen (secondary N) is 1.